The summed E-state index contributed by atoms with van der Waals surface area (Å²) in [4.78, 5) is 14.8. The van der Waals surface area contributed by atoms with Crippen molar-refractivity contribution in [1.82, 2.24) is 9.47 Å². The van der Waals surface area contributed by atoms with Crippen LogP contribution in [-0.4, -0.2) is 29.0 Å². The van der Waals surface area contributed by atoms with E-state index in [0.717, 1.165) is 35.1 Å². The molecule has 0 spiro atoms. The van der Waals surface area contributed by atoms with Crippen LogP contribution in [0, 0.1) is 0 Å². The van der Waals surface area contributed by atoms with Gasteiger partial charge in [0.25, 0.3) is 5.91 Å². The zero-order chi connectivity index (χ0) is 16.7. The first-order valence-electron chi connectivity index (χ1n) is 8.25. The van der Waals surface area contributed by atoms with Crippen LogP contribution in [0.4, 0.5) is 0 Å². The van der Waals surface area contributed by atoms with E-state index in [4.69, 9.17) is 0 Å². The van der Waals surface area contributed by atoms with E-state index in [1.807, 2.05) is 30.1 Å². The topological polar surface area (TPSA) is 25.2 Å². The van der Waals surface area contributed by atoms with Crippen molar-refractivity contribution >= 4 is 32.7 Å². The minimum absolute atomic E-state index is 0.130. The Kier molecular flexibility index (Phi) is 3.93. The molecule has 0 saturated carbocycles. The summed E-state index contributed by atoms with van der Waals surface area (Å²) in [5.41, 5.74) is 4.39. The predicted octanol–water partition coefficient (Wildman–Crippen LogP) is 4.47. The van der Waals surface area contributed by atoms with Crippen LogP contribution in [0.15, 0.2) is 53.0 Å². The molecule has 0 radical (unpaired) electrons. The summed E-state index contributed by atoms with van der Waals surface area (Å²) >= 11 is 3.58. The molecule has 24 heavy (non-hydrogen) atoms. The van der Waals surface area contributed by atoms with Gasteiger partial charge in [0.2, 0.25) is 0 Å². The molecule has 4 heteroatoms. The molecule has 0 aliphatic carbocycles. The van der Waals surface area contributed by atoms with Crippen LogP contribution in [0.3, 0.4) is 0 Å². The maximum absolute atomic E-state index is 13.0. The van der Waals surface area contributed by atoms with Crippen LogP contribution >= 0.6 is 15.9 Å². The summed E-state index contributed by atoms with van der Waals surface area (Å²) < 4.78 is 3.25. The van der Waals surface area contributed by atoms with Crippen molar-refractivity contribution in [3.8, 4) is 0 Å². The summed E-state index contributed by atoms with van der Waals surface area (Å²) in [5, 5.41) is 1.19. The number of carbonyl (C=O) groups excluding carboxylic acids is 1. The van der Waals surface area contributed by atoms with Crippen LogP contribution in [0.2, 0.25) is 0 Å². The number of halogens is 1. The molecular formula is C20H19BrN2O. The monoisotopic (exact) mass is 382 g/mol. The summed E-state index contributed by atoms with van der Waals surface area (Å²) in [6.07, 6.45) is 1.95. The highest BCUT2D eigenvalue weighted by atomic mass is 79.9. The second-order valence-corrected chi connectivity index (χ2v) is 7.31. The molecule has 2 heterocycles. The Labute approximate surface area is 150 Å². The second kappa shape index (κ2) is 6.10. The van der Waals surface area contributed by atoms with Crippen molar-refractivity contribution in [2.45, 2.75) is 19.4 Å². The first-order chi connectivity index (χ1) is 11.6. The summed E-state index contributed by atoms with van der Waals surface area (Å²) in [6, 6.07) is 16.7. The lowest BCUT2D eigenvalue weighted by Gasteiger charge is -2.17. The number of aryl methyl sites for hydroxylation is 1. The van der Waals surface area contributed by atoms with Gasteiger partial charge < -0.3 is 9.47 Å². The van der Waals surface area contributed by atoms with Gasteiger partial charge in [-0.2, -0.15) is 0 Å². The van der Waals surface area contributed by atoms with E-state index in [0.29, 0.717) is 6.54 Å². The number of hydrogen-bond donors (Lipinski definition) is 0. The molecule has 1 amide bonds. The van der Waals surface area contributed by atoms with Crippen molar-refractivity contribution in [1.29, 1.82) is 0 Å². The molecule has 122 valence electrons. The molecule has 0 N–H and O–H groups in total. The minimum atomic E-state index is 0.130. The Morgan fingerprint density at radius 1 is 1.12 bits per heavy atom. The van der Waals surface area contributed by atoms with Crippen molar-refractivity contribution in [2.24, 2.45) is 0 Å². The average molecular weight is 383 g/mol. The van der Waals surface area contributed by atoms with Crippen molar-refractivity contribution in [3.05, 3.63) is 69.8 Å². The molecule has 0 atom stereocenters. The lowest BCUT2D eigenvalue weighted by atomic mass is 10.1. The van der Waals surface area contributed by atoms with Crippen molar-refractivity contribution in [3.63, 3.8) is 0 Å². The fraction of sp³-hybridized carbons (Fsp3) is 0.250. The highest BCUT2D eigenvalue weighted by molar-refractivity contribution is 9.10. The number of benzene rings is 2. The highest BCUT2D eigenvalue weighted by Crippen LogP contribution is 2.32. The normalized spacial score (nSPS) is 14.8. The highest BCUT2D eigenvalue weighted by Gasteiger charge is 2.27. The zero-order valence-corrected chi connectivity index (χ0v) is 15.2. The Balaban J connectivity index is 1.97. The third-order valence-corrected chi connectivity index (χ3v) is 5.28. The van der Waals surface area contributed by atoms with Gasteiger partial charge in [-0.05, 0) is 42.2 Å². The van der Waals surface area contributed by atoms with E-state index in [1.54, 1.807) is 0 Å². The van der Waals surface area contributed by atoms with Gasteiger partial charge in [0.05, 0.1) is 0 Å². The number of carbonyl (C=O) groups is 1. The van der Waals surface area contributed by atoms with E-state index < -0.39 is 0 Å². The fourth-order valence-corrected chi connectivity index (χ4v) is 3.96. The largest absolute Gasteiger partial charge is 0.340 e. The lowest BCUT2D eigenvalue weighted by Crippen LogP contribution is -2.28. The Bertz CT molecular complexity index is 914. The van der Waals surface area contributed by atoms with Crippen LogP contribution in [0.5, 0.6) is 0 Å². The number of nitrogens with zero attached hydrogens (tertiary/aromatic N) is 2. The zero-order valence-electron chi connectivity index (χ0n) is 13.6. The number of rotatable bonds is 2. The number of hydrogen-bond acceptors (Lipinski definition) is 1. The third-order valence-electron chi connectivity index (χ3n) is 4.78. The van der Waals surface area contributed by atoms with Crippen LogP contribution in [0.1, 0.15) is 28.0 Å². The standard InChI is InChI=1S/C20H19BrN2O/c1-22-11-5-8-16-17-12-15(21)9-10-18(17)23(19(16)20(22)24)13-14-6-3-2-4-7-14/h2-4,6-7,9-10,12H,5,8,11,13H2,1H3. The Morgan fingerprint density at radius 3 is 2.71 bits per heavy atom. The molecule has 1 aromatic heterocycles. The molecule has 1 aliphatic heterocycles. The van der Waals surface area contributed by atoms with Gasteiger partial charge in [-0.15, -0.1) is 0 Å². The quantitative estimate of drug-likeness (QED) is 0.641. The van der Waals surface area contributed by atoms with E-state index in [1.165, 1.54) is 16.5 Å². The molecule has 0 fully saturated rings. The van der Waals surface area contributed by atoms with E-state index >= 15 is 0 Å². The predicted molar refractivity (Wildman–Crippen MR) is 100 cm³/mol. The molecular weight excluding hydrogens is 364 g/mol. The van der Waals surface area contributed by atoms with Gasteiger partial charge in [0.1, 0.15) is 5.69 Å². The van der Waals surface area contributed by atoms with Crippen LogP contribution in [0.25, 0.3) is 10.9 Å². The fourth-order valence-electron chi connectivity index (χ4n) is 3.60. The molecule has 4 rings (SSSR count). The first-order valence-corrected chi connectivity index (χ1v) is 9.04. The maximum atomic E-state index is 13.0. The summed E-state index contributed by atoms with van der Waals surface area (Å²) in [5.74, 6) is 0.130. The summed E-state index contributed by atoms with van der Waals surface area (Å²) in [6.45, 7) is 1.53. The van der Waals surface area contributed by atoms with Crippen LogP contribution in [-0.2, 0) is 13.0 Å². The van der Waals surface area contributed by atoms with Crippen LogP contribution < -0.4 is 0 Å². The average Bonchev–Trinajstić information content (AvgIpc) is 2.79. The first kappa shape index (κ1) is 15.5. The number of aromatic nitrogens is 1. The van der Waals surface area contributed by atoms with Gasteiger partial charge in [-0.3, -0.25) is 4.79 Å². The SMILES string of the molecule is CN1CCCc2c(n(Cc3ccccc3)c3ccc(Br)cc23)C1=O. The summed E-state index contributed by atoms with van der Waals surface area (Å²) in [7, 11) is 1.90. The molecule has 2 aromatic carbocycles. The van der Waals surface area contributed by atoms with E-state index in [-0.39, 0.29) is 5.91 Å². The lowest BCUT2D eigenvalue weighted by molar-refractivity contribution is 0.0790. The van der Waals surface area contributed by atoms with Crippen molar-refractivity contribution < 1.29 is 4.79 Å². The van der Waals surface area contributed by atoms with E-state index in [9.17, 15) is 4.79 Å². The van der Waals surface area contributed by atoms with Gasteiger partial charge >= 0.3 is 0 Å². The number of amides is 1. The van der Waals surface area contributed by atoms with E-state index in [2.05, 4.69) is 50.8 Å². The molecule has 3 aromatic rings. The Morgan fingerprint density at radius 2 is 1.92 bits per heavy atom. The smallest absolute Gasteiger partial charge is 0.270 e. The maximum Gasteiger partial charge on any atom is 0.270 e. The second-order valence-electron chi connectivity index (χ2n) is 6.39. The van der Waals surface area contributed by atoms with Gasteiger partial charge in [0.15, 0.2) is 0 Å². The van der Waals surface area contributed by atoms with Gasteiger partial charge in [0, 0.05) is 35.5 Å². The molecule has 0 bridgehead atoms. The Hall–Kier alpha value is -2.07. The molecule has 1 aliphatic rings. The minimum Gasteiger partial charge on any atom is -0.340 e. The van der Waals surface area contributed by atoms with Gasteiger partial charge in [-0.25, -0.2) is 0 Å². The molecule has 3 nitrogen and oxygen atoms in total. The molecule has 0 saturated heterocycles. The number of fused-ring (bicyclic) bond motifs is 3. The third kappa shape index (κ3) is 2.55. The van der Waals surface area contributed by atoms with Gasteiger partial charge in [-0.1, -0.05) is 46.3 Å². The molecule has 0 unspecified atom stereocenters. The van der Waals surface area contributed by atoms with Crippen molar-refractivity contribution in [2.75, 3.05) is 13.6 Å².